The smallest absolute Gasteiger partial charge is 0.276 e. The highest BCUT2D eigenvalue weighted by molar-refractivity contribution is 6.11. The number of nitrogens with one attached hydrogen (secondary N) is 2. The summed E-state index contributed by atoms with van der Waals surface area (Å²) in [7, 11) is 0. The van der Waals surface area contributed by atoms with Crippen molar-refractivity contribution in [3.05, 3.63) is 47.9 Å². The number of hydrogen-bond acceptors (Lipinski definition) is 4. The number of amides is 1. The van der Waals surface area contributed by atoms with Gasteiger partial charge in [0.2, 0.25) is 0 Å². The second kappa shape index (κ2) is 4.65. The second-order valence-corrected chi connectivity index (χ2v) is 4.52. The van der Waals surface area contributed by atoms with Crippen LogP contribution in [0.3, 0.4) is 0 Å². The highest BCUT2D eigenvalue weighted by Gasteiger charge is 2.14. The number of fused-ring (bicyclic) bond motifs is 1. The van der Waals surface area contributed by atoms with E-state index in [1.165, 1.54) is 0 Å². The summed E-state index contributed by atoms with van der Waals surface area (Å²) < 4.78 is 0. The van der Waals surface area contributed by atoms with E-state index in [1.54, 1.807) is 36.5 Å². The van der Waals surface area contributed by atoms with Crippen LogP contribution in [0.15, 0.2) is 36.5 Å². The minimum absolute atomic E-state index is 0.285. The fourth-order valence-electron chi connectivity index (χ4n) is 2.02. The minimum Gasteiger partial charge on any atom is -0.399 e. The Kier molecular flexibility index (Phi) is 2.83. The number of aromatic nitrogens is 3. The molecule has 20 heavy (non-hydrogen) atoms. The molecule has 1 amide bonds. The molecule has 0 saturated heterocycles. The minimum atomic E-state index is -0.285. The number of carbonyl (C=O) groups excluding carboxylic acids is 1. The SMILES string of the molecule is Cc1cc(NC(=O)c2n[nH]c3ccc(N)cc23)ccn1. The summed E-state index contributed by atoms with van der Waals surface area (Å²) in [5, 5.41) is 10.4. The van der Waals surface area contributed by atoms with Crippen LogP contribution >= 0.6 is 0 Å². The van der Waals surface area contributed by atoms with E-state index < -0.39 is 0 Å². The lowest BCUT2D eigenvalue weighted by atomic mass is 10.2. The lowest BCUT2D eigenvalue weighted by molar-refractivity contribution is 0.102. The number of aryl methyl sites for hydroxylation is 1. The quantitative estimate of drug-likeness (QED) is 0.619. The van der Waals surface area contributed by atoms with Crippen molar-refractivity contribution in [1.29, 1.82) is 0 Å². The van der Waals surface area contributed by atoms with Gasteiger partial charge >= 0.3 is 0 Å². The van der Waals surface area contributed by atoms with Crippen LogP contribution in [0.5, 0.6) is 0 Å². The van der Waals surface area contributed by atoms with Crippen molar-refractivity contribution < 1.29 is 4.79 Å². The number of benzene rings is 1. The lowest BCUT2D eigenvalue weighted by Crippen LogP contribution is -2.13. The molecular weight excluding hydrogens is 254 g/mol. The molecule has 4 N–H and O–H groups in total. The molecule has 0 atom stereocenters. The van der Waals surface area contributed by atoms with Gasteiger partial charge < -0.3 is 11.1 Å². The van der Waals surface area contributed by atoms with Gasteiger partial charge in [0, 0.05) is 28.7 Å². The molecule has 3 aromatic rings. The molecule has 0 saturated carbocycles. The van der Waals surface area contributed by atoms with Crippen LogP contribution in [0.1, 0.15) is 16.2 Å². The average Bonchev–Trinajstić information content (AvgIpc) is 2.81. The van der Waals surface area contributed by atoms with Crippen molar-refractivity contribution in [3.63, 3.8) is 0 Å². The zero-order valence-electron chi connectivity index (χ0n) is 10.8. The van der Waals surface area contributed by atoms with Crippen molar-refractivity contribution in [3.8, 4) is 0 Å². The van der Waals surface area contributed by atoms with Gasteiger partial charge in [-0.3, -0.25) is 14.9 Å². The molecule has 0 aliphatic rings. The Labute approximate surface area is 115 Å². The van der Waals surface area contributed by atoms with Crippen LogP contribution in [0.25, 0.3) is 10.9 Å². The first kappa shape index (κ1) is 12.2. The van der Waals surface area contributed by atoms with Gasteiger partial charge in [-0.05, 0) is 37.3 Å². The van der Waals surface area contributed by atoms with Crippen molar-refractivity contribution >= 4 is 28.2 Å². The highest BCUT2D eigenvalue weighted by atomic mass is 16.1. The molecule has 2 heterocycles. The van der Waals surface area contributed by atoms with Crippen LogP contribution in [-0.4, -0.2) is 21.1 Å². The molecule has 0 bridgehead atoms. The zero-order valence-corrected chi connectivity index (χ0v) is 10.8. The van der Waals surface area contributed by atoms with E-state index in [1.807, 2.05) is 6.92 Å². The topological polar surface area (TPSA) is 96.7 Å². The Balaban J connectivity index is 1.94. The molecule has 0 radical (unpaired) electrons. The summed E-state index contributed by atoms with van der Waals surface area (Å²) >= 11 is 0. The predicted molar refractivity (Wildman–Crippen MR) is 77.4 cm³/mol. The van der Waals surface area contributed by atoms with Crippen molar-refractivity contribution in [2.45, 2.75) is 6.92 Å². The maximum Gasteiger partial charge on any atom is 0.276 e. The van der Waals surface area contributed by atoms with Crippen LogP contribution in [0.2, 0.25) is 0 Å². The van der Waals surface area contributed by atoms with Crippen molar-refractivity contribution in [1.82, 2.24) is 15.2 Å². The molecule has 6 heteroatoms. The maximum absolute atomic E-state index is 12.3. The summed E-state index contributed by atoms with van der Waals surface area (Å²) in [4.78, 5) is 16.3. The Morgan fingerprint density at radius 3 is 2.95 bits per heavy atom. The molecule has 6 nitrogen and oxygen atoms in total. The van der Waals surface area contributed by atoms with E-state index in [4.69, 9.17) is 5.73 Å². The molecular formula is C14H13N5O. The first-order valence-electron chi connectivity index (χ1n) is 6.11. The number of carbonyl (C=O) groups is 1. The maximum atomic E-state index is 12.3. The number of aromatic amines is 1. The zero-order chi connectivity index (χ0) is 14.1. The second-order valence-electron chi connectivity index (χ2n) is 4.52. The largest absolute Gasteiger partial charge is 0.399 e. The molecule has 0 spiro atoms. The van der Waals surface area contributed by atoms with E-state index in [2.05, 4.69) is 20.5 Å². The van der Waals surface area contributed by atoms with E-state index in [-0.39, 0.29) is 5.91 Å². The average molecular weight is 267 g/mol. The van der Waals surface area contributed by atoms with Crippen molar-refractivity contribution in [2.75, 3.05) is 11.1 Å². The standard InChI is InChI=1S/C14H13N5O/c1-8-6-10(4-5-16-8)17-14(20)13-11-7-9(15)2-3-12(11)18-19-13/h2-7H,15H2,1H3,(H,18,19)(H,16,17,20). The highest BCUT2D eigenvalue weighted by Crippen LogP contribution is 2.20. The Bertz CT molecular complexity index is 793. The third-order valence-corrected chi connectivity index (χ3v) is 2.96. The first-order valence-corrected chi connectivity index (χ1v) is 6.11. The van der Waals surface area contributed by atoms with Gasteiger partial charge in [-0.15, -0.1) is 0 Å². The summed E-state index contributed by atoms with van der Waals surface area (Å²) in [6, 6.07) is 8.81. The molecule has 1 aromatic carbocycles. The normalized spacial score (nSPS) is 10.7. The van der Waals surface area contributed by atoms with Crippen LogP contribution in [-0.2, 0) is 0 Å². The van der Waals surface area contributed by atoms with E-state index in [0.29, 0.717) is 22.5 Å². The number of anilines is 2. The summed E-state index contributed by atoms with van der Waals surface area (Å²) in [5.74, 6) is -0.285. The van der Waals surface area contributed by atoms with Gasteiger partial charge in [0.05, 0.1) is 5.52 Å². The van der Waals surface area contributed by atoms with Crippen LogP contribution in [0, 0.1) is 6.92 Å². The fourth-order valence-corrected chi connectivity index (χ4v) is 2.02. The van der Waals surface area contributed by atoms with Gasteiger partial charge in [-0.25, -0.2) is 0 Å². The third kappa shape index (κ3) is 2.18. The predicted octanol–water partition coefficient (Wildman–Crippen LogP) is 2.10. The van der Waals surface area contributed by atoms with Crippen molar-refractivity contribution in [2.24, 2.45) is 0 Å². The number of hydrogen-bond donors (Lipinski definition) is 3. The molecule has 2 aromatic heterocycles. The number of pyridine rings is 1. The summed E-state index contributed by atoms with van der Waals surface area (Å²) in [5.41, 5.74) is 8.94. The Morgan fingerprint density at radius 2 is 2.15 bits per heavy atom. The van der Waals surface area contributed by atoms with Gasteiger partial charge in [0.15, 0.2) is 5.69 Å². The van der Waals surface area contributed by atoms with Gasteiger partial charge in [-0.2, -0.15) is 5.10 Å². The third-order valence-electron chi connectivity index (χ3n) is 2.96. The molecule has 0 fully saturated rings. The van der Waals surface area contributed by atoms with E-state index >= 15 is 0 Å². The molecule has 100 valence electrons. The van der Waals surface area contributed by atoms with Gasteiger partial charge in [0.1, 0.15) is 0 Å². The summed E-state index contributed by atoms with van der Waals surface area (Å²) in [6.07, 6.45) is 1.64. The Hall–Kier alpha value is -2.89. The molecule has 0 aliphatic heterocycles. The molecule has 0 aliphatic carbocycles. The monoisotopic (exact) mass is 267 g/mol. The first-order chi connectivity index (χ1) is 9.63. The lowest BCUT2D eigenvalue weighted by Gasteiger charge is -2.04. The Morgan fingerprint density at radius 1 is 1.30 bits per heavy atom. The number of nitrogens with zero attached hydrogens (tertiary/aromatic N) is 2. The fraction of sp³-hybridized carbons (Fsp3) is 0.0714. The number of nitrogen functional groups attached to an aromatic ring is 1. The number of nitrogens with two attached hydrogens (primary N) is 1. The summed E-state index contributed by atoms with van der Waals surface area (Å²) in [6.45, 7) is 1.86. The van der Waals surface area contributed by atoms with Gasteiger partial charge in [0.25, 0.3) is 5.91 Å². The molecule has 0 unspecified atom stereocenters. The van der Waals surface area contributed by atoms with E-state index in [0.717, 1.165) is 11.2 Å². The van der Waals surface area contributed by atoms with E-state index in [9.17, 15) is 4.79 Å². The van der Waals surface area contributed by atoms with Crippen LogP contribution < -0.4 is 11.1 Å². The molecule has 3 rings (SSSR count). The van der Waals surface area contributed by atoms with Crippen LogP contribution in [0.4, 0.5) is 11.4 Å². The van der Waals surface area contributed by atoms with Gasteiger partial charge in [-0.1, -0.05) is 0 Å². The number of H-pyrrole nitrogens is 1. The number of rotatable bonds is 2.